The van der Waals surface area contributed by atoms with Gasteiger partial charge in [0.25, 0.3) is 0 Å². The van der Waals surface area contributed by atoms with Gasteiger partial charge in [0.1, 0.15) is 6.04 Å². The van der Waals surface area contributed by atoms with Gasteiger partial charge in [-0.3, -0.25) is 9.69 Å². The summed E-state index contributed by atoms with van der Waals surface area (Å²) in [6.45, 7) is 3.77. The molecule has 0 bridgehead atoms. The zero-order chi connectivity index (χ0) is 12.6. The van der Waals surface area contributed by atoms with Crippen LogP contribution in [0.3, 0.4) is 0 Å². The fourth-order valence-electron chi connectivity index (χ4n) is 2.24. The van der Waals surface area contributed by atoms with Crippen molar-refractivity contribution in [2.45, 2.75) is 19.9 Å². The normalized spacial score (nSPS) is 13.2. The fourth-order valence-corrected chi connectivity index (χ4v) is 3.70. The maximum atomic E-state index is 11.8. The molecule has 1 aromatic heterocycles. The molecule has 17 heavy (non-hydrogen) atoms. The van der Waals surface area contributed by atoms with E-state index in [1.165, 1.54) is 20.5 Å². The molecule has 0 fully saturated rings. The summed E-state index contributed by atoms with van der Waals surface area (Å²) in [7, 11) is 3.91. The number of fused-ring (bicyclic) bond motifs is 1. The highest BCUT2D eigenvalue weighted by Gasteiger charge is 2.23. The molecule has 0 radical (unpaired) electrons. The molecule has 2 rings (SSSR count). The molecule has 0 aliphatic carbocycles. The van der Waals surface area contributed by atoms with Crippen molar-refractivity contribution in [3.63, 3.8) is 0 Å². The molecule has 90 valence electrons. The summed E-state index contributed by atoms with van der Waals surface area (Å²) in [6.07, 6.45) is 0. The monoisotopic (exact) mass is 247 g/mol. The van der Waals surface area contributed by atoms with Crippen molar-refractivity contribution in [2.24, 2.45) is 0 Å². The van der Waals surface area contributed by atoms with Crippen molar-refractivity contribution in [1.29, 1.82) is 0 Å². The van der Waals surface area contributed by atoms with Crippen LogP contribution in [0.5, 0.6) is 0 Å². The lowest BCUT2D eigenvalue weighted by atomic mass is 10.1. The number of aryl methyl sites for hydroxylation is 1. The first kappa shape index (κ1) is 12.3. The van der Waals surface area contributed by atoms with Crippen LogP contribution in [0.25, 0.3) is 10.1 Å². The number of benzene rings is 1. The van der Waals surface area contributed by atoms with Crippen LogP contribution < -0.4 is 0 Å². The standard InChI is InChI=1S/C14H17NOS/c1-9-11-7-5-6-8-12(11)17-14(9)13(10(2)16)15(3)4/h5-8,13H,1-4H3. The third-order valence-electron chi connectivity index (χ3n) is 3.03. The molecule has 1 atom stereocenters. The van der Waals surface area contributed by atoms with Crippen LogP contribution in [0.4, 0.5) is 0 Å². The topological polar surface area (TPSA) is 20.3 Å². The first-order valence-corrected chi connectivity index (χ1v) is 6.49. The number of carbonyl (C=O) groups excluding carboxylic acids is 1. The molecule has 0 saturated heterocycles. The van der Waals surface area contributed by atoms with Crippen LogP contribution in [0.2, 0.25) is 0 Å². The second kappa shape index (κ2) is 4.59. The molecule has 0 N–H and O–H groups in total. The molecule has 0 amide bonds. The maximum Gasteiger partial charge on any atom is 0.152 e. The van der Waals surface area contributed by atoms with E-state index in [-0.39, 0.29) is 11.8 Å². The van der Waals surface area contributed by atoms with Crippen molar-refractivity contribution in [2.75, 3.05) is 14.1 Å². The Morgan fingerprint density at radius 1 is 1.29 bits per heavy atom. The number of ketones is 1. The van der Waals surface area contributed by atoms with Crippen molar-refractivity contribution in [3.8, 4) is 0 Å². The molecule has 0 aliphatic rings. The van der Waals surface area contributed by atoms with Gasteiger partial charge in [-0.25, -0.2) is 0 Å². The first-order valence-electron chi connectivity index (χ1n) is 5.67. The summed E-state index contributed by atoms with van der Waals surface area (Å²) in [4.78, 5) is 14.9. The second-order valence-corrected chi connectivity index (χ2v) is 5.65. The number of nitrogens with zero attached hydrogens (tertiary/aromatic N) is 1. The van der Waals surface area contributed by atoms with Gasteiger partial charge in [0.2, 0.25) is 0 Å². The van der Waals surface area contributed by atoms with E-state index in [9.17, 15) is 4.79 Å². The maximum absolute atomic E-state index is 11.8. The van der Waals surface area contributed by atoms with Crippen LogP contribution in [-0.4, -0.2) is 24.8 Å². The Bertz CT molecular complexity index is 556. The summed E-state index contributed by atoms with van der Waals surface area (Å²) in [6, 6.07) is 8.21. The van der Waals surface area contributed by atoms with Crippen molar-refractivity contribution in [1.82, 2.24) is 4.90 Å². The third kappa shape index (κ3) is 2.13. The van der Waals surface area contributed by atoms with Crippen molar-refractivity contribution < 1.29 is 4.79 Å². The summed E-state index contributed by atoms with van der Waals surface area (Å²) in [5.74, 6) is 0.199. The van der Waals surface area contributed by atoms with Gasteiger partial charge in [-0.15, -0.1) is 11.3 Å². The molecule has 3 heteroatoms. The molecular weight excluding hydrogens is 230 g/mol. The molecule has 0 saturated carbocycles. The zero-order valence-corrected chi connectivity index (χ0v) is 11.5. The summed E-state index contributed by atoms with van der Waals surface area (Å²) in [5, 5.41) is 1.26. The highest BCUT2D eigenvalue weighted by Crippen LogP contribution is 2.36. The number of hydrogen-bond acceptors (Lipinski definition) is 3. The number of carbonyl (C=O) groups is 1. The van der Waals surface area contributed by atoms with E-state index in [4.69, 9.17) is 0 Å². The van der Waals surface area contributed by atoms with E-state index >= 15 is 0 Å². The number of likely N-dealkylation sites (N-methyl/N-ethyl adjacent to an activating group) is 1. The molecule has 1 aromatic carbocycles. The lowest BCUT2D eigenvalue weighted by Crippen LogP contribution is -2.25. The van der Waals surface area contributed by atoms with Gasteiger partial charge in [-0.05, 0) is 45.0 Å². The molecule has 0 aliphatic heterocycles. The van der Waals surface area contributed by atoms with Gasteiger partial charge in [0.15, 0.2) is 5.78 Å². The van der Waals surface area contributed by atoms with Gasteiger partial charge < -0.3 is 0 Å². The van der Waals surface area contributed by atoms with E-state index in [2.05, 4.69) is 19.1 Å². The summed E-state index contributed by atoms with van der Waals surface area (Å²) < 4.78 is 1.26. The predicted octanol–water partition coefficient (Wildman–Crippen LogP) is 3.40. The molecule has 1 heterocycles. The van der Waals surface area contributed by atoms with Crippen LogP contribution >= 0.6 is 11.3 Å². The van der Waals surface area contributed by atoms with Crippen LogP contribution in [0, 0.1) is 6.92 Å². The van der Waals surface area contributed by atoms with Gasteiger partial charge in [0, 0.05) is 9.58 Å². The van der Waals surface area contributed by atoms with Crippen molar-refractivity contribution >= 4 is 27.2 Å². The average Bonchev–Trinajstić information content (AvgIpc) is 2.56. The molecule has 0 spiro atoms. The van der Waals surface area contributed by atoms with E-state index in [0.717, 1.165) is 0 Å². The second-order valence-electron chi connectivity index (χ2n) is 4.56. The van der Waals surface area contributed by atoms with E-state index < -0.39 is 0 Å². The Kier molecular flexibility index (Phi) is 3.31. The smallest absolute Gasteiger partial charge is 0.152 e. The average molecular weight is 247 g/mol. The number of thiophene rings is 1. The SMILES string of the molecule is CC(=O)C(c1sc2ccccc2c1C)N(C)C. The van der Waals surface area contributed by atoms with E-state index in [0.29, 0.717) is 0 Å². The molecule has 1 unspecified atom stereocenters. The largest absolute Gasteiger partial charge is 0.298 e. The molecule has 2 nitrogen and oxygen atoms in total. The Balaban J connectivity index is 2.61. The minimum atomic E-state index is -0.118. The minimum absolute atomic E-state index is 0.118. The summed E-state index contributed by atoms with van der Waals surface area (Å²) in [5.41, 5.74) is 1.24. The van der Waals surface area contributed by atoms with Gasteiger partial charge >= 0.3 is 0 Å². The Morgan fingerprint density at radius 3 is 2.47 bits per heavy atom. The third-order valence-corrected chi connectivity index (χ3v) is 4.36. The van der Waals surface area contributed by atoms with Crippen LogP contribution in [-0.2, 0) is 4.79 Å². The molecular formula is C14H17NOS. The van der Waals surface area contributed by atoms with Crippen LogP contribution in [0.1, 0.15) is 23.4 Å². The van der Waals surface area contributed by atoms with Crippen LogP contribution in [0.15, 0.2) is 24.3 Å². The highest BCUT2D eigenvalue weighted by molar-refractivity contribution is 7.19. The number of rotatable bonds is 3. The number of hydrogen-bond donors (Lipinski definition) is 0. The van der Waals surface area contributed by atoms with Gasteiger partial charge in [0.05, 0.1) is 0 Å². The Morgan fingerprint density at radius 2 is 1.94 bits per heavy atom. The van der Waals surface area contributed by atoms with Crippen molar-refractivity contribution in [3.05, 3.63) is 34.7 Å². The number of Topliss-reactive ketones (excluding diaryl/α,β-unsaturated/α-hetero) is 1. The van der Waals surface area contributed by atoms with E-state index in [1.807, 2.05) is 31.1 Å². The van der Waals surface area contributed by atoms with Gasteiger partial charge in [-0.1, -0.05) is 18.2 Å². The predicted molar refractivity (Wildman–Crippen MR) is 73.7 cm³/mol. The Labute approximate surface area is 106 Å². The minimum Gasteiger partial charge on any atom is -0.298 e. The zero-order valence-electron chi connectivity index (χ0n) is 10.7. The Hall–Kier alpha value is -1.19. The molecule has 2 aromatic rings. The fraction of sp³-hybridized carbons (Fsp3) is 0.357. The highest BCUT2D eigenvalue weighted by atomic mass is 32.1. The van der Waals surface area contributed by atoms with E-state index in [1.54, 1.807) is 18.3 Å². The first-order chi connectivity index (χ1) is 8.02. The van der Waals surface area contributed by atoms with Gasteiger partial charge in [-0.2, -0.15) is 0 Å². The summed E-state index contributed by atoms with van der Waals surface area (Å²) >= 11 is 1.73. The lowest BCUT2D eigenvalue weighted by Gasteiger charge is -2.21. The lowest BCUT2D eigenvalue weighted by molar-refractivity contribution is -0.121. The quantitative estimate of drug-likeness (QED) is 0.828.